The molecule has 0 spiro atoms. The van der Waals surface area contributed by atoms with E-state index in [9.17, 15) is 4.79 Å². The second-order valence-corrected chi connectivity index (χ2v) is 4.47. The number of nitrogens with zero attached hydrogens (tertiary/aromatic N) is 4. The second kappa shape index (κ2) is 4.37. The molecule has 3 aromatic heterocycles. The number of rotatable bonds is 2. The minimum atomic E-state index is -1.02. The Morgan fingerprint density at radius 3 is 2.80 bits per heavy atom. The van der Waals surface area contributed by atoms with Gasteiger partial charge in [-0.1, -0.05) is 0 Å². The van der Waals surface area contributed by atoms with E-state index >= 15 is 0 Å². The normalized spacial score (nSPS) is 10.9. The van der Waals surface area contributed by atoms with Gasteiger partial charge in [0.15, 0.2) is 5.65 Å². The predicted molar refractivity (Wildman–Crippen MR) is 71.3 cm³/mol. The molecule has 3 rings (SSSR count). The van der Waals surface area contributed by atoms with Gasteiger partial charge in [-0.25, -0.2) is 14.8 Å². The first-order valence-corrected chi connectivity index (χ1v) is 5.95. The van der Waals surface area contributed by atoms with Crippen molar-refractivity contribution in [1.29, 1.82) is 0 Å². The fraction of sp³-hybridized carbons (Fsp3) is 0.154. The maximum atomic E-state index is 10.9. The van der Waals surface area contributed by atoms with Crippen molar-refractivity contribution in [3.63, 3.8) is 0 Å². The maximum absolute atomic E-state index is 10.9. The van der Waals surface area contributed by atoms with Crippen LogP contribution in [0.15, 0.2) is 18.3 Å². The van der Waals surface area contributed by atoms with Gasteiger partial charge in [0.1, 0.15) is 5.82 Å². The lowest BCUT2D eigenvalue weighted by molar-refractivity contribution is 0.0696. The Balaban J connectivity index is 2.17. The van der Waals surface area contributed by atoms with Crippen molar-refractivity contribution in [1.82, 2.24) is 25.1 Å². The van der Waals surface area contributed by atoms with Crippen LogP contribution in [0.1, 0.15) is 21.7 Å². The molecule has 20 heavy (non-hydrogen) atoms. The average molecular weight is 269 g/mol. The SMILES string of the molecule is Cc1cc(-c2nc3ncc(C(=O)O)cc3[nH]2)c(C)nn1. The highest BCUT2D eigenvalue weighted by molar-refractivity contribution is 5.91. The third-order valence-corrected chi connectivity index (χ3v) is 2.94. The molecule has 0 fully saturated rings. The van der Waals surface area contributed by atoms with Crippen molar-refractivity contribution in [2.75, 3.05) is 0 Å². The second-order valence-electron chi connectivity index (χ2n) is 4.47. The zero-order valence-electron chi connectivity index (χ0n) is 10.9. The van der Waals surface area contributed by atoms with Crippen molar-refractivity contribution in [3.8, 4) is 11.4 Å². The van der Waals surface area contributed by atoms with Crippen LogP contribution >= 0.6 is 0 Å². The summed E-state index contributed by atoms with van der Waals surface area (Å²) in [6.45, 7) is 3.68. The molecule has 0 atom stereocenters. The number of aromatic amines is 1. The number of H-pyrrole nitrogens is 1. The summed E-state index contributed by atoms with van der Waals surface area (Å²) < 4.78 is 0. The van der Waals surface area contributed by atoms with Gasteiger partial charge in [0.05, 0.1) is 22.5 Å². The summed E-state index contributed by atoms with van der Waals surface area (Å²) in [4.78, 5) is 22.4. The van der Waals surface area contributed by atoms with Crippen molar-refractivity contribution in [2.24, 2.45) is 0 Å². The molecular weight excluding hydrogens is 258 g/mol. The minimum Gasteiger partial charge on any atom is -0.478 e. The first-order valence-electron chi connectivity index (χ1n) is 5.95. The zero-order chi connectivity index (χ0) is 14.3. The molecule has 0 saturated carbocycles. The molecule has 3 aromatic rings. The number of aromatic carboxylic acids is 1. The number of carbonyl (C=O) groups is 1. The van der Waals surface area contributed by atoms with E-state index in [1.54, 1.807) is 0 Å². The molecule has 0 aliphatic rings. The van der Waals surface area contributed by atoms with Gasteiger partial charge in [-0.15, -0.1) is 0 Å². The van der Waals surface area contributed by atoms with Gasteiger partial charge in [0, 0.05) is 11.8 Å². The van der Waals surface area contributed by atoms with Gasteiger partial charge in [0.2, 0.25) is 0 Å². The van der Waals surface area contributed by atoms with E-state index in [1.807, 2.05) is 19.9 Å². The number of pyridine rings is 1. The summed E-state index contributed by atoms with van der Waals surface area (Å²) >= 11 is 0. The molecule has 0 saturated heterocycles. The van der Waals surface area contributed by atoms with Gasteiger partial charge in [-0.05, 0) is 26.0 Å². The molecule has 100 valence electrons. The molecule has 0 aliphatic heterocycles. The van der Waals surface area contributed by atoms with Crippen LogP contribution in [0.4, 0.5) is 0 Å². The van der Waals surface area contributed by atoms with Crippen molar-refractivity contribution in [3.05, 3.63) is 35.3 Å². The number of carboxylic acids is 1. The molecule has 0 unspecified atom stereocenters. The Morgan fingerprint density at radius 2 is 2.05 bits per heavy atom. The summed E-state index contributed by atoms with van der Waals surface area (Å²) in [7, 11) is 0. The molecule has 0 radical (unpaired) electrons. The van der Waals surface area contributed by atoms with Crippen molar-refractivity contribution < 1.29 is 9.90 Å². The summed E-state index contributed by atoms with van der Waals surface area (Å²) in [6, 6.07) is 3.39. The molecule has 0 aliphatic carbocycles. The highest BCUT2D eigenvalue weighted by Gasteiger charge is 2.12. The fourth-order valence-corrected chi connectivity index (χ4v) is 1.93. The van der Waals surface area contributed by atoms with Crippen LogP contribution in [0.2, 0.25) is 0 Å². The zero-order valence-corrected chi connectivity index (χ0v) is 10.9. The lowest BCUT2D eigenvalue weighted by Crippen LogP contribution is -1.96. The monoisotopic (exact) mass is 269 g/mol. The number of aryl methyl sites for hydroxylation is 2. The van der Waals surface area contributed by atoms with Gasteiger partial charge in [-0.3, -0.25) is 0 Å². The Bertz CT molecular complexity index is 825. The molecular formula is C13H11N5O2. The summed E-state index contributed by atoms with van der Waals surface area (Å²) in [5.74, 6) is -0.418. The lowest BCUT2D eigenvalue weighted by atomic mass is 10.2. The number of hydrogen-bond donors (Lipinski definition) is 2. The van der Waals surface area contributed by atoms with Gasteiger partial charge < -0.3 is 10.1 Å². The van der Waals surface area contributed by atoms with Crippen LogP contribution in [0.5, 0.6) is 0 Å². The van der Waals surface area contributed by atoms with E-state index in [2.05, 4.69) is 25.1 Å². The van der Waals surface area contributed by atoms with E-state index in [-0.39, 0.29) is 5.56 Å². The van der Waals surface area contributed by atoms with Gasteiger partial charge in [-0.2, -0.15) is 10.2 Å². The molecule has 0 aromatic carbocycles. The van der Waals surface area contributed by atoms with E-state index in [4.69, 9.17) is 5.11 Å². The number of fused-ring (bicyclic) bond motifs is 1. The standard InChI is InChI=1S/C13H11N5O2/c1-6-3-9(7(2)18-17-6)11-15-10-4-8(13(19)20)5-14-12(10)16-11/h3-5H,1-2H3,(H,19,20)(H,14,15,16). The quantitative estimate of drug-likeness (QED) is 0.734. The first kappa shape index (κ1) is 12.2. The van der Waals surface area contributed by atoms with Crippen LogP contribution in [-0.2, 0) is 0 Å². The Hall–Kier alpha value is -2.83. The van der Waals surface area contributed by atoms with Gasteiger partial charge >= 0.3 is 5.97 Å². The van der Waals surface area contributed by atoms with Crippen molar-refractivity contribution in [2.45, 2.75) is 13.8 Å². The third kappa shape index (κ3) is 1.99. The molecule has 7 nitrogen and oxygen atoms in total. The molecule has 7 heteroatoms. The van der Waals surface area contributed by atoms with E-state index in [1.165, 1.54) is 12.3 Å². The van der Waals surface area contributed by atoms with E-state index in [0.29, 0.717) is 17.0 Å². The van der Waals surface area contributed by atoms with Crippen LogP contribution in [0.3, 0.4) is 0 Å². The molecule has 0 bridgehead atoms. The molecule has 3 heterocycles. The maximum Gasteiger partial charge on any atom is 0.337 e. The van der Waals surface area contributed by atoms with Gasteiger partial charge in [0.25, 0.3) is 0 Å². The van der Waals surface area contributed by atoms with Crippen LogP contribution < -0.4 is 0 Å². The predicted octanol–water partition coefficient (Wildman–Crippen LogP) is 1.73. The Kier molecular flexibility index (Phi) is 2.67. The smallest absolute Gasteiger partial charge is 0.337 e. The topological polar surface area (TPSA) is 105 Å². The number of imidazole rings is 1. The highest BCUT2D eigenvalue weighted by atomic mass is 16.4. The van der Waals surface area contributed by atoms with E-state index in [0.717, 1.165) is 17.0 Å². The van der Waals surface area contributed by atoms with Crippen LogP contribution in [-0.4, -0.2) is 36.2 Å². The largest absolute Gasteiger partial charge is 0.478 e. The molecule has 0 amide bonds. The van der Waals surface area contributed by atoms with Crippen LogP contribution in [0.25, 0.3) is 22.6 Å². The number of nitrogens with one attached hydrogen (secondary N) is 1. The Morgan fingerprint density at radius 1 is 1.25 bits per heavy atom. The molecule has 2 N–H and O–H groups in total. The number of aromatic nitrogens is 5. The average Bonchev–Trinajstić information content (AvgIpc) is 2.83. The minimum absolute atomic E-state index is 0.119. The van der Waals surface area contributed by atoms with Crippen molar-refractivity contribution >= 4 is 17.1 Å². The lowest BCUT2D eigenvalue weighted by Gasteiger charge is -2.00. The fourth-order valence-electron chi connectivity index (χ4n) is 1.93. The third-order valence-electron chi connectivity index (χ3n) is 2.94. The summed E-state index contributed by atoms with van der Waals surface area (Å²) in [6.07, 6.45) is 1.29. The van der Waals surface area contributed by atoms with E-state index < -0.39 is 5.97 Å². The Labute approximate surface area is 113 Å². The van der Waals surface area contributed by atoms with Crippen LogP contribution in [0, 0.1) is 13.8 Å². The number of carboxylic acid groups (broad SMARTS) is 1. The summed E-state index contributed by atoms with van der Waals surface area (Å²) in [5.41, 5.74) is 3.52. The number of hydrogen-bond acceptors (Lipinski definition) is 5. The highest BCUT2D eigenvalue weighted by Crippen LogP contribution is 2.22. The first-order chi connectivity index (χ1) is 9.54. The summed E-state index contributed by atoms with van der Waals surface area (Å²) in [5, 5.41) is 17.0.